The smallest absolute Gasteiger partial charge is 0.331 e. The number of nitrogens with zero attached hydrogens (tertiary/aromatic N) is 1. The molecule has 1 aliphatic rings. The number of para-hydroxylation sites is 2. The van der Waals surface area contributed by atoms with Crippen LogP contribution in [0.1, 0.15) is 23.4 Å². The number of anilines is 1. The summed E-state index contributed by atoms with van der Waals surface area (Å²) in [5.74, 6) is -0.714. The standard InChI is InChI=1S/C21H18N2O4/c24-19(22-16-9-8-14-4-3-5-15(14)12-16)13-26-21(25)11-10-20-23-17-6-1-2-7-18(17)27-20/h1-2,6-12H,3-5,13H2,(H,22,24)/b11-10+. The molecule has 136 valence electrons. The van der Waals surface area contributed by atoms with Gasteiger partial charge in [-0.2, -0.15) is 0 Å². The molecule has 0 atom stereocenters. The number of carbonyl (C=O) groups is 2. The molecule has 1 heterocycles. The summed E-state index contributed by atoms with van der Waals surface area (Å²) < 4.78 is 10.4. The molecule has 6 heteroatoms. The highest BCUT2D eigenvalue weighted by atomic mass is 16.5. The Bertz CT molecular complexity index is 1000. The van der Waals surface area contributed by atoms with E-state index >= 15 is 0 Å². The lowest BCUT2D eigenvalue weighted by molar-refractivity contribution is -0.142. The predicted octanol–water partition coefficient (Wildman–Crippen LogP) is 3.51. The molecule has 1 aromatic heterocycles. The number of benzene rings is 2. The van der Waals surface area contributed by atoms with Gasteiger partial charge in [0.25, 0.3) is 5.91 Å². The molecule has 0 aliphatic heterocycles. The molecule has 0 fully saturated rings. The van der Waals surface area contributed by atoms with Crippen LogP contribution >= 0.6 is 0 Å². The molecule has 0 saturated heterocycles. The topological polar surface area (TPSA) is 81.4 Å². The fourth-order valence-electron chi connectivity index (χ4n) is 3.13. The van der Waals surface area contributed by atoms with Crippen molar-refractivity contribution in [3.63, 3.8) is 0 Å². The third-order valence-corrected chi connectivity index (χ3v) is 4.40. The zero-order valence-electron chi connectivity index (χ0n) is 14.6. The van der Waals surface area contributed by atoms with Crippen LogP contribution in [0.15, 0.2) is 53.0 Å². The first kappa shape index (κ1) is 17.0. The minimum absolute atomic E-state index is 0.302. The van der Waals surface area contributed by atoms with Crippen molar-refractivity contribution in [3.8, 4) is 0 Å². The molecule has 0 radical (unpaired) electrons. The second kappa shape index (κ2) is 7.45. The number of oxazole rings is 1. The van der Waals surface area contributed by atoms with Crippen molar-refractivity contribution in [2.24, 2.45) is 0 Å². The number of ether oxygens (including phenoxy) is 1. The van der Waals surface area contributed by atoms with Crippen molar-refractivity contribution in [1.82, 2.24) is 4.98 Å². The minimum atomic E-state index is -0.638. The van der Waals surface area contributed by atoms with E-state index in [9.17, 15) is 9.59 Å². The number of rotatable bonds is 5. The molecule has 0 bridgehead atoms. The first-order valence-corrected chi connectivity index (χ1v) is 8.79. The second-order valence-electron chi connectivity index (χ2n) is 6.35. The van der Waals surface area contributed by atoms with E-state index in [1.807, 2.05) is 36.4 Å². The van der Waals surface area contributed by atoms with Gasteiger partial charge in [-0.25, -0.2) is 9.78 Å². The predicted molar refractivity (Wildman–Crippen MR) is 101 cm³/mol. The van der Waals surface area contributed by atoms with E-state index < -0.39 is 5.97 Å². The molecule has 1 N–H and O–H groups in total. The quantitative estimate of drug-likeness (QED) is 0.555. The second-order valence-corrected chi connectivity index (χ2v) is 6.35. The number of amides is 1. The van der Waals surface area contributed by atoms with Gasteiger partial charge in [-0.15, -0.1) is 0 Å². The molecule has 3 aromatic rings. The lowest BCUT2D eigenvalue weighted by atomic mass is 10.1. The van der Waals surface area contributed by atoms with Gasteiger partial charge in [-0.1, -0.05) is 18.2 Å². The van der Waals surface area contributed by atoms with Crippen LogP contribution in [0.4, 0.5) is 5.69 Å². The summed E-state index contributed by atoms with van der Waals surface area (Å²) in [6.45, 7) is -0.353. The Balaban J connectivity index is 1.28. The van der Waals surface area contributed by atoms with Crippen molar-refractivity contribution < 1.29 is 18.7 Å². The van der Waals surface area contributed by atoms with Crippen LogP contribution in [0, 0.1) is 0 Å². The molecule has 4 rings (SSSR count). The van der Waals surface area contributed by atoms with Crippen molar-refractivity contribution in [2.75, 3.05) is 11.9 Å². The number of nitrogens with one attached hydrogen (secondary N) is 1. The lowest BCUT2D eigenvalue weighted by Crippen LogP contribution is -2.20. The molecule has 0 unspecified atom stereocenters. The number of hydrogen-bond acceptors (Lipinski definition) is 5. The average Bonchev–Trinajstić information content (AvgIpc) is 3.30. The Labute approximate surface area is 155 Å². The maximum absolute atomic E-state index is 12.0. The summed E-state index contributed by atoms with van der Waals surface area (Å²) in [6, 6.07) is 13.2. The highest BCUT2D eigenvalue weighted by molar-refractivity contribution is 5.94. The van der Waals surface area contributed by atoms with Crippen LogP contribution in [0.5, 0.6) is 0 Å². The largest absolute Gasteiger partial charge is 0.452 e. The number of carbonyl (C=O) groups excluding carboxylic acids is 2. The van der Waals surface area contributed by atoms with Crippen LogP contribution in [-0.2, 0) is 27.2 Å². The zero-order valence-corrected chi connectivity index (χ0v) is 14.6. The lowest BCUT2D eigenvalue weighted by Gasteiger charge is -2.07. The summed E-state index contributed by atoms with van der Waals surface area (Å²) in [7, 11) is 0. The summed E-state index contributed by atoms with van der Waals surface area (Å²) in [5.41, 5.74) is 4.67. The molecule has 2 aromatic carbocycles. The number of fused-ring (bicyclic) bond motifs is 2. The van der Waals surface area contributed by atoms with Crippen molar-refractivity contribution >= 4 is 34.7 Å². The number of aryl methyl sites for hydroxylation is 2. The Hall–Kier alpha value is -3.41. The van der Waals surface area contributed by atoms with Crippen molar-refractivity contribution in [2.45, 2.75) is 19.3 Å². The van der Waals surface area contributed by atoms with Gasteiger partial charge in [0.15, 0.2) is 12.2 Å². The van der Waals surface area contributed by atoms with E-state index in [2.05, 4.69) is 10.3 Å². The fraction of sp³-hybridized carbons (Fsp3) is 0.190. The molecular formula is C21H18N2O4. The number of aromatic nitrogens is 1. The third-order valence-electron chi connectivity index (χ3n) is 4.40. The number of hydrogen-bond donors (Lipinski definition) is 1. The van der Waals surface area contributed by atoms with E-state index in [1.54, 1.807) is 6.07 Å². The molecule has 1 amide bonds. The summed E-state index contributed by atoms with van der Waals surface area (Å²) >= 11 is 0. The number of esters is 1. The molecule has 0 saturated carbocycles. The van der Waals surface area contributed by atoms with Gasteiger partial charge in [0, 0.05) is 17.8 Å². The summed E-state index contributed by atoms with van der Waals surface area (Å²) in [6.07, 6.45) is 5.88. The molecule has 27 heavy (non-hydrogen) atoms. The van der Waals surface area contributed by atoms with Gasteiger partial charge < -0.3 is 14.5 Å². The van der Waals surface area contributed by atoms with Crippen LogP contribution < -0.4 is 5.32 Å². The van der Waals surface area contributed by atoms with E-state index in [-0.39, 0.29) is 12.5 Å². The van der Waals surface area contributed by atoms with Crippen LogP contribution in [0.25, 0.3) is 17.2 Å². The monoisotopic (exact) mass is 362 g/mol. The van der Waals surface area contributed by atoms with Crippen LogP contribution in [0.3, 0.4) is 0 Å². The Morgan fingerprint density at radius 2 is 2.00 bits per heavy atom. The average molecular weight is 362 g/mol. The van der Waals surface area contributed by atoms with E-state index in [4.69, 9.17) is 9.15 Å². The van der Waals surface area contributed by atoms with Gasteiger partial charge in [-0.3, -0.25) is 4.79 Å². The minimum Gasteiger partial charge on any atom is -0.452 e. The van der Waals surface area contributed by atoms with Gasteiger partial charge in [0.1, 0.15) is 5.52 Å². The van der Waals surface area contributed by atoms with Crippen LogP contribution in [0.2, 0.25) is 0 Å². The van der Waals surface area contributed by atoms with Crippen LogP contribution in [-0.4, -0.2) is 23.5 Å². The highest BCUT2D eigenvalue weighted by Gasteiger charge is 2.12. The Morgan fingerprint density at radius 1 is 1.15 bits per heavy atom. The molecule has 0 spiro atoms. The van der Waals surface area contributed by atoms with Gasteiger partial charge >= 0.3 is 5.97 Å². The Morgan fingerprint density at radius 3 is 2.89 bits per heavy atom. The van der Waals surface area contributed by atoms with Gasteiger partial charge in [0.2, 0.25) is 5.89 Å². The van der Waals surface area contributed by atoms with Gasteiger partial charge in [0.05, 0.1) is 0 Å². The first-order chi connectivity index (χ1) is 13.2. The van der Waals surface area contributed by atoms with Gasteiger partial charge in [-0.05, 0) is 54.7 Å². The SMILES string of the molecule is O=C(COC(=O)/C=C/c1nc2ccccc2o1)Nc1ccc2c(c1)CCC2. The fourth-order valence-corrected chi connectivity index (χ4v) is 3.13. The summed E-state index contributed by atoms with van der Waals surface area (Å²) in [4.78, 5) is 28.0. The first-order valence-electron chi connectivity index (χ1n) is 8.79. The van der Waals surface area contributed by atoms with E-state index in [0.29, 0.717) is 17.0 Å². The third kappa shape index (κ3) is 4.06. The van der Waals surface area contributed by atoms with E-state index in [1.165, 1.54) is 23.3 Å². The Kier molecular flexibility index (Phi) is 4.70. The summed E-state index contributed by atoms with van der Waals surface area (Å²) in [5, 5.41) is 2.75. The van der Waals surface area contributed by atoms with E-state index in [0.717, 1.165) is 24.9 Å². The maximum atomic E-state index is 12.0. The molecule has 6 nitrogen and oxygen atoms in total. The molecule has 1 aliphatic carbocycles. The normalized spacial score (nSPS) is 13.0. The maximum Gasteiger partial charge on any atom is 0.331 e. The van der Waals surface area contributed by atoms with Crippen molar-refractivity contribution in [1.29, 1.82) is 0 Å². The zero-order chi connectivity index (χ0) is 18.6. The van der Waals surface area contributed by atoms with Crippen molar-refractivity contribution in [3.05, 3.63) is 65.6 Å². The highest BCUT2D eigenvalue weighted by Crippen LogP contribution is 2.24. The molecular weight excluding hydrogens is 344 g/mol.